The first-order valence-electron chi connectivity index (χ1n) is 4.66. The molecule has 70 valence electrons. The van der Waals surface area contributed by atoms with Gasteiger partial charge in [0.2, 0.25) is 0 Å². The third-order valence-electron chi connectivity index (χ3n) is 2.52. The minimum absolute atomic E-state index is 0.220. The normalized spacial score (nSPS) is 22.6. The minimum atomic E-state index is 0.220. The third-order valence-corrected chi connectivity index (χ3v) is 2.52. The van der Waals surface area contributed by atoms with Crippen LogP contribution in [-0.2, 0) is 4.74 Å². The van der Waals surface area contributed by atoms with Gasteiger partial charge in [-0.25, -0.2) is 0 Å². The van der Waals surface area contributed by atoms with Crippen molar-refractivity contribution in [1.82, 2.24) is 0 Å². The zero-order valence-electron chi connectivity index (χ0n) is 8.18. The predicted molar refractivity (Wildman–Crippen MR) is 55.3 cm³/mol. The molecule has 1 nitrogen and oxygen atoms in total. The molecule has 0 radical (unpaired) electrons. The van der Waals surface area contributed by atoms with E-state index in [1.165, 1.54) is 17.6 Å². The molecule has 0 bridgehead atoms. The van der Waals surface area contributed by atoms with E-state index in [4.69, 9.17) is 11.2 Å². The van der Waals surface area contributed by atoms with Gasteiger partial charge in [-0.15, -0.1) is 6.42 Å². The molecule has 0 fully saturated rings. The van der Waals surface area contributed by atoms with Gasteiger partial charge in [-0.1, -0.05) is 18.6 Å². The largest absolute Gasteiger partial charge is 0.361 e. The molecule has 0 saturated carbocycles. The highest BCUT2D eigenvalue weighted by molar-refractivity contribution is 5.27. The third kappa shape index (κ3) is 2.47. The molecule has 1 atom stereocenters. The summed E-state index contributed by atoms with van der Waals surface area (Å²) in [7, 11) is 0. The Morgan fingerprint density at radius 1 is 1.77 bits per heavy atom. The molecular weight excluding hydrogens is 160 g/mol. The van der Waals surface area contributed by atoms with Crippen LogP contribution in [0.4, 0.5) is 0 Å². The van der Waals surface area contributed by atoms with Crippen LogP contribution >= 0.6 is 0 Å². The average Bonchev–Trinajstić information content (AvgIpc) is 2.16. The van der Waals surface area contributed by atoms with Gasteiger partial charge < -0.3 is 4.74 Å². The maximum atomic E-state index is 5.53. The Bertz CT molecular complexity index is 255. The molecule has 0 aromatic heterocycles. The fourth-order valence-electron chi connectivity index (χ4n) is 1.72. The standard InChI is InChI=1S/C12H16O/c1-4-9-13-12-8-6-7-11(5-2)10(12)3/h1,5,12H,2,6-9H2,3H3. The van der Waals surface area contributed by atoms with E-state index in [2.05, 4.69) is 19.4 Å². The van der Waals surface area contributed by atoms with Gasteiger partial charge in [0.25, 0.3) is 0 Å². The Labute approximate surface area is 80.5 Å². The Hall–Kier alpha value is -1.00. The van der Waals surface area contributed by atoms with Crippen molar-refractivity contribution in [3.63, 3.8) is 0 Å². The summed E-state index contributed by atoms with van der Waals surface area (Å²) in [4.78, 5) is 0. The van der Waals surface area contributed by atoms with Gasteiger partial charge in [0.15, 0.2) is 0 Å². The monoisotopic (exact) mass is 176 g/mol. The maximum Gasteiger partial charge on any atom is 0.108 e. The lowest BCUT2D eigenvalue weighted by Gasteiger charge is -2.24. The number of rotatable bonds is 3. The summed E-state index contributed by atoms with van der Waals surface area (Å²) in [5, 5.41) is 0. The van der Waals surface area contributed by atoms with Crippen LogP contribution in [0.3, 0.4) is 0 Å². The molecule has 0 aromatic rings. The molecule has 1 aliphatic rings. The topological polar surface area (TPSA) is 9.23 Å². The quantitative estimate of drug-likeness (QED) is 0.601. The highest BCUT2D eigenvalue weighted by atomic mass is 16.5. The summed E-state index contributed by atoms with van der Waals surface area (Å²) in [6.45, 7) is 6.31. The van der Waals surface area contributed by atoms with E-state index in [1.54, 1.807) is 0 Å². The number of hydrogen-bond acceptors (Lipinski definition) is 1. The molecule has 1 aliphatic carbocycles. The van der Waals surface area contributed by atoms with Crippen molar-refractivity contribution in [3.8, 4) is 12.3 Å². The van der Waals surface area contributed by atoms with Gasteiger partial charge >= 0.3 is 0 Å². The number of terminal acetylenes is 1. The SMILES string of the molecule is C#CCOC1CCCC(C=C)=C1C. The molecule has 0 aliphatic heterocycles. The number of allylic oxidation sites excluding steroid dienone is 2. The second-order valence-corrected chi connectivity index (χ2v) is 3.31. The van der Waals surface area contributed by atoms with Crippen LogP contribution in [0.25, 0.3) is 0 Å². The molecule has 1 rings (SSSR count). The van der Waals surface area contributed by atoms with Gasteiger partial charge in [0.05, 0.1) is 6.10 Å². The lowest BCUT2D eigenvalue weighted by Crippen LogP contribution is -2.19. The van der Waals surface area contributed by atoms with Crippen molar-refractivity contribution >= 4 is 0 Å². The highest BCUT2D eigenvalue weighted by Gasteiger charge is 2.18. The van der Waals surface area contributed by atoms with Crippen LogP contribution in [0, 0.1) is 12.3 Å². The van der Waals surface area contributed by atoms with E-state index in [0.717, 1.165) is 12.8 Å². The molecule has 0 N–H and O–H groups in total. The van der Waals surface area contributed by atoms with E-state index in [0.29, 0.717) is 6.61 Å². The van der Waals surface area contributed by atoms with Crippen LogP contribution in [0.15, 0.2) is 23.8 Å². The summed E-state index contributed by atoms with van der Waals surface area (Å²) < 4.78 is 5.53. The first kappa shape index (κ1) is 10.1. The average molecular weight is 176 g/mol. The first-order chi connectivity index (χ1) is 6.29. The van der Waals surface area contributed by atoms with Crippen LogP contribution in [-0.4, -0.2) is 12.7 Å². The van der Waals surface area contributed by atoms with Crippen molar-refractivity contribution in [3.05, 3.63) is 23.8 Å². The molecule has 0 aromatic carbocycles. The fraction of sp³-hybridized carbons (Fsp3) is 0.500. The van der Waals surface area contributed by atoms with Crippen LogP contribution in [0.1, 0.15) is 26.2 Å². The summed E-state index contributed by atoms with van der Waals surface area (Å²) in [5.74, 6) is 2.50. The molecule has 0 spiro atoms. The molecule has 0 heterocycles. The van der Waals surface area contributed by atoms with Crippen LogP contribution in [0.5, 0.6) is 0 Å². The summed E-state index contributed by atoms with van der Waals surface area (Å²) in [5.41, 5.74) is 2.63. The van der Waals surface area contributed by atoms with E-state index in [9.17, 15) is 0 Å². The van der Waals surface area contributed by atoms with Crippen LogP contribution in [0.2, 0.25) is 0 Å². The second kappa shape index (κ2) is 4.89. The van der Waals surface area contributed by atoms with Gasteiger partial charge in [-0.2, -0.15) is 0 Å². The molecule has 0 amide bonds. The Balaban J connectivity index is 2.65. The van der Waals surface area contributed by atoms with Crippen molar-refractivity contribution < 1.29 is 4.74 Å². The summed E-state index contributed by atoms with van der Waals surface area (Å²) >= 11 is 0. The molecule has 0 saturated heterocycles. The summed E-state index contributed by atoms with van der Waals surface area (Å²) in [6.07, 6.45) is 10.7. The smallest absolute Gasteiger partial charge is 0.108 e. The van der Waals surface area contributed by atoms with Crippen LogP contribution < -0.4 is 0 Å². The lowest BCUT2D eigenvalue weighted by atomic mass is 9.90. The first-order valence-corrected chi connectivity index (χ1v) is 4.66. The Kier molecular flexibility index (Phi) is 3.79. The zero-order valence-corrected chi connectivity index (χ0v) is 8.18. The van der Waals surface area contributed by atoms with Gasteiger partial charge in [-0.3, -0.25) is 0 Å². The number of hydrogen-bond donors (Lipinski definition) is 0. The van der Waals surface area contributed by atoms with E-state index < -0.39 is 0 Å². The van der Waals surface area contributed by atoms with Crippen molar-refractivity contribution in [2.45, 2.75) is 32.3 Å². The molecule has 1 heteroatoms. The van der Waals surface area contributed by atoms with E-state index in [-0.39, 0.29) is 6.10 Å². The van der Waals surface area contributed by atoms with Crippen molar-refractivity contribution in [1.29, 1.82) is 0 Å². The maximum absolute atomic E-state index is 5.53. The Morgan fingerprint density at radius 3 is 3.15 bits per heavy atom. The van der Waals surface area contributed by atoms with Gasteiger partial charge in [0, 0.05) is 0 Å². The van der Waals surface area contributed by atoms with Crippen molar-refractivity contribution in [2.24, 2.45) is 0 Å². The molecular formula is C12H16O. The van der Waals surface area contributed by atoms with Gasteiger partial charge in [0.1, 0.15) is 6.61 Å². The lowest BCUT2D eigenvalue weighted by molar-refractivity contribution is 0.0917. The van der Waals surface area contributed by atoms with Crippen molar-refractivity contribution in [2.75, 3.05) is 6.61 Å². The fourth-order valence-corrected chi connectivity index (χ4v) is 1.72. The summed E-state index contributed by atoms with van der Waals surface area (Å²) in [6, 6.07) is 0. The highest BCUT2D eigenvalue weighted by Crippen LogP contribution is 2.27. The molecule has 1 unspecified atom stereocenters. The zero-order chi connectivity index (χ0) is 9.68. The molecule has 13 heavy (non-hydrogen) atoms. The van der Waals surface area contributed by atoms with Gasteiger partial charge in [-0.05, 0) is 37.3 Å². The Morgan fingerprint density at radius 2 is 2.54 bits per heavy atom. The minimum Gasteiger partial charge on any atom is -0.361 e. The van der Waals surface area contributed by atoms with E-state index in [1.807, 2.05) is 6.08 Å². The second-order valence-electron chi connectivity index (χ2n) is 3.31. The number of ether oxygens (including phenoxy) is 1. The predicted octanol–water partition coefficient (Wildman–Crippen LogP) is 2.69. The van der Waals surface area contributed by atoms with E-state index >= 15 is 0 Å².